The van der Waals surface area contributed by atoms with Crippen molar-refractivity contribution in [1.82, 2.24) is 4.57 Å². The molecule has 1 aromatic carbocycles. The second-order valence-corrected chi connectivity index (χ2v) is 3.81. The van der Waals surface area contributed by atoms with Gasteiger partial charge in [0.2, 0.25) is 0 Å². The fraction of sp³-hybridized carbons (Fsp3) is 0.0714. The van der Waals surface area contributed by atoms with Crippen LogP contribution in [0.2, 0.25) is 0 Å². The molecule has 2 rings (SSSR count). The zero-order valence-corrected chi connectivity index (χ0v) is 9.50. The van der Waals surface area contributed by atoms with E-state index in [4.69, 9.17) is 5.11 Å². The lowest BCUT2D eigenvalue weighted by Crippen LogP contribution is -1.95. The monoisotopic (exact) mass is 227 g/mol. The molecule has 1 N–H and O–H groups in total. The van der Waals surface area contributed by atoms with E-state index in [0.29, 0.717) is 0 Å². The third-order valence-corrected chi connectivity index (χ3v) is 2.49. The summed E-state index contributed by atoms with van der Waals surface area (Å²) in [6.45, 7) is 2.03. The van der Waals surface area contributed by atoms with Gasteiger partial charge in [-0.2, -0.15) is 0 Å². The summed E-state index contributed by atoms with van der Waals surface area (Å²) in [5, 5.41) is 8.61. The molecule has 0 aliphatic heterocycles. The normalized spacial score (nSPS) is 10.9. The van der Waals surface area contributed by atoms with Crippen LogP contribution in [0.25, 0.3) is 11.8 Å². The standard InChI is InChI=1S/C14H13NO2/c1-11-4-6-13(7-5-11)15-10-2-3-12(15)8-9-14(16)17/h2-10H,1H3,(H,16,17)/b9-8+. The first-order chi connectivity index (χ1) is 8.16. The molecule has 3 heteroatoms. The van der Waals surface area contributed by atoms with Gasteiger partial charge in [-0.1, -0.05) is 17.7 Å². The summed E-state index contributed by atoms with van der Waals surface area (Å²) in [5.41, 5.74) is 3.06. The maximum Gasteiger partial charge on any atom is 0.328 e. The van der Waals surface area contributed by atoms with E-state index in [0.717, 1.165) is 17.5 Å². The van der Waals surface area contributed by atoms with Crippen LogP contribution in [0, 0.1) is 6.92 Å². The van der Waals surface area contributed by atoms with Crippen LogP contribution in [0.3, 0.4) is 0 Å². The van der Waals surface area contributed by atoms with E-state index in [1.165, 1.54) is 5.56 Å². The summed E-state index contributed by atoms with van der Waals surface area (Å²) in [4.78, 5) is 10.5. The van der Waals surface area contributed by atoms with Crippen molar-refractivity contribution in [2.24, 2.45) is 0 Å². The molecule has 17 heavy (non-hydrogen) atoms. The lowest BCUT2D eigenvalue weighted by Gasteiger charge is -2.06. The molecule has 0 saturated heterocycles. The Morgan fingerprint density at radius 1 is 1.24 bits per heavy atom. The van der Waals surface area contributed by atoms with Crippen molar-refractivity contribution in [1.29, 1.82) is 0 Å². The number of aromatic nitrogens is 1. The summed E-state index contributed by atoms with van der Waals surface area (Å²) >= 11 is 0. The average molecular weight is 227 g/mol. The molecule has 0 aliphatic carbocycles. The van der Waals surface area contributed by atoms with Gasteiger partial charge in [-0.25, -0.2) is 4.79 Å². The van der Waals surface area contributed by atoms with Crippen molar-refractivity contribution >= 4 is 12.0 Å². The fourth-order valence-electron chi connectivity index (χ4n) is 1.63. The van der Waals surface area contributed by atoms with E-state index in [2.05, 4.69) is 0 Å². The highest BCUT2D eigenvalue weighted by molar-refractivity contribution is 5.85. The van der Waals surface area contributed by atoms with Gasteiger partial charge in [0, 0.05) is 23.7 Å². The molecule has 0 radical (unpaired) electrons. The molecule has 2 aromatic rings. The number of carbonyl (C=O) groups is 1. The molecule has 0 unspecified atom stereocenters. The quantitative estimate of drug-likeness (QED) is 0.819. The van der Waals surface area contributed by atoms with Crippen molar-refractivity contribution < 1.29 is 9.90 Å². The number of carboxylic acids is 1. The largest absolute Gasteiger partial charge is 0.478 e. The summed E-state index contributed by atoms with van der Waals surface area (Å²) in [6, 6.07) is 11.8. The Hall–Kier alpha value is -2.29. The molecule has 3 nitrogen and oxygen atoms in total. The minimum Gasteiger partial charge on any atom is -0.478 e. The maximum atomic E-state index is 10.5. The molecule has 0 saturated carbocycles. The van der Waals surface area contributed by atoms with Gasteiger partial charge in [-0.05, 0) is 37.3 Å². The molecule has 0 amide bonds. The lowest BCUT2D eigenvalue weighted by atomic mass is 10.2. The average Bonchev–Trinajstić information content (AvgIpc) is 2.75. The summed E-state index contributed by atoms with van der Waals surface area (Å²) < 4.78 is 1.94. The minimum atomic E-state index is -0.943. The molecule has 0 fully saturated rings. The van der Waals surface area contributed by atoms with Gasteiger partial charge >= 0.3 is 5.97 Å². The van der Waals surface area contributed by atoms with E-state index >= 15 is 0 Å². The van der Waals surface area contributed by atoms with Crippen LogP contribution < -0.4 is 0 Å². The summed E-state index contributed by atoms with van der Waals surface area (Å²) in [6.07, 6.45) is 4.63. The highest BCUT2D eigenvalue weighted by atomic mass is 16.4. The number of benzene rings is 1. The van der Waals surface area contributed by atoms with E-state index in [-0.39, 0.29) is 0 Å². The van der Waals surface area contributed by atoms with E-state index < -0.39 is 5.97 Å². The smallest absolute Gasteiger partial charge is 0.328 e. The van der Waals surface area contributed by atoms with Crippen LogP contribution in [-0.4, -0.2) is 15.6 Å². The Balaban J connectivity index is 2.36. The van der Waals surface area contributed by atoms with Gasteiger partial charge in [-0.3, -0.25) is 0 Å². The third kappa shape index (κ3) is 2.64. The second kappa shape index (κ2) is 4.70. The van der Waals surface area contributed by atoms with Gasteiger partial charge < -0.3 is 9.67 Å². The van der Waals surface area contributed by atoms with Crippen LogP contribution in [-0.2, 0) is 4.79 Å². The molecule has 0 spiro atoms. The molecule has 0 atom stereocenters. The number of hydrogen-bond donors (Lipinski definition) is 1. The first kappa shape index (κ1) is 11.2. The number of carboxylic acid groups (broad SMARTS) is 1. The first-order valence-corrected chi connectivity index (χ1v) is 5.32. The van der Waals surface area contributed by atoms with Gasteiger partial charge in [0.1, 0.15) is 0 Å². The Kier molecular flexibility index (Phi) is 3.10. The number of hydrogen-bond acceptors (Lipinski definition) is 1. The van der Waals surface area contributed by atoms with E-state index in [1.807, 2.05) is 54.1 Å². The fourth-order valence-corrected chi connectivity index (χ4v) is 1.63. The van der Waals surface area contributed by atoms with Crippen LogP contribution in [0.5, 0.6) is 0 Å². The minimum absolute atomic E-state index is 0.844. The Labute approximate surface area is 99.6 Å². The van der Waals surface area contributed by atoms with Crippen LogP contribution in [0.4, 0.5) is 0 Å². The Morgan fingerprint density at radius 2 is 1.94 bits per heavy atom. The zero-order chi connectivity index (χ0) is 12.3. The predicted octanol–water partition coefficient (Wildman–Crippen LogP) is 2.88. The second-order valence-electron chi connectivity index (χ2n) is 3.81. The molecule has 0 bridgehead atoms. The van der Waals surface area contributed by atoms with Gasteiger partial charge in [0.15, 0.2) is 0 Å². The van der Waals surface area contributed by atoms with Crippen molar-refractivity contribution in [2.75, 3.05) is 0 Å². The highest BCUT2D eigenvalue weighted by Crippen LogP contribution is 2.14. The topological polar surface area (TPSA) is 42.2 Å². The first-order valence-electron chi connectivity index (χ1n) is 5.32. The number of nitrogens with zero attached hydrogens (tertiary/aromatic N) is 1. The summed E-state index contributed by atoms with van der Waals surface area (Å²) in [5.74, 6) is -0.943. The molecule has 1 heterocycles. The number of rotatable bonds is 3. The third-order valence-electron chi connectivity index (χ3n) is 2.49. The molecular weight excluding hydrogens is 214 g/mol. The van der Waals surface area contributed by atoms with Gasteiger partial charge in [-0.15, -0.1) is 0 Å². The van der Waals surface area contributed by atoms with Crippen molar-refractivity contribution in [3.8, 4) is 5.69 Å². The maximum absolute atomic E-state index is 10.5. The SMILES string of the molecule is Cc1ccc(-n2cccc2/C=C/C(=O)O)cc1. The zero-order valence-electron chi connectivity index (χ0n) is 9.50. The molecular formula is C14H13NO2. The number of aryl methyl sites for hydroxylation is 1. The Morgan fingerprint density at radius 3 is 2.59 bits per heavy atom. The molecule has 0 aliphatic rings. The van der Waals surface area contributed by atoms with Gasteiger partial charge in [0.25, 0.3) is 0 Å². The van der Waals surface area contributed by atoms with Crippen LogP contribution in [0.1, 0.15) is 11.3 Å². The number of aliphatic carboxylic acids is 1. The van der Waals surface area contributed by atoms with Crippen molar-refractivity contribution in [2.45, 2.75) is 6.92 Å². The van der Waals surface area contributed by atoms with E-state index in [9.17, 15) is 4.79 Å². The Bertz CT molecular complexity index is 550. The van der Waals surface area contributed by atoms with Crippen LogP contribution in [0.15, 0.2) is 48.7 Å². The van der Waals surface area contributed by atoms with Crippen molar-refractivity contribution in [3.63, 3.8) is 0 Å². The summed E-state index contributed by atoms with van der Waals surface area (Å²) in [7, 11) is 0. The molecule has 86 valence electrons. The highest BCUT2D eigenvalue weighted by Gasteiger charge is 2.00. The molecule has 1 aromatic heterocycles. The predicted molar refractivity (Wildman–Crippen MR) is 67.2 cm³/mol. The van der Waals surface area contributed by atoms with Crippen molar-refractivity contribution in [3.05, 3.63) is 59.9 Å². The lowest BCUT2D eigenvalue weighted by molar-refractivity contribution is -0.131. The van der Waals surface area contributed by atoms with Crippen LogP contribution >= 0.6 is 0 Å². The van der Waals surface area contributed by atoms with E-state index in [1.54, 1.807) is 6.08 Å². The van der Waals surface area contributed by atoms with Gasteiger partial charge in [0.05, 0.1) is 0 Å².